The van der Waals surface area contributed by atoms with Crippen LogP contribution in [0, 0.1) is 0 Å². The number of hydrogen-bond acceptors (Lipinski definition) is 5. The maximum atomic E-state index is 12.7. The second-order valence-electron chi connectivity index (χ2n) is 7.28. The molecule has 2 aromatic heterocycles. The summed E-state index contributed by atoms with van der Waals surface area (Å²) < 4.78 is 14.2. The van der Waals surface area contributed by atoms with E-state index in [9.17, 15) is 14.5 Å². The molecule has 0 radical (unpaired) electrons. The number of aromatic hydroxyl groups is 1. The molecular formula is C20H21N4O3P. The van der Waals surface area contributed by atoms with Crippen molar-refractivity contribution in [2.24, 2.45) is 4.99 Å². The van der Waals surface area contributed by atoms with Crippen LogP contribution in [-0.2, 0) is 11.1 Å². The topological polar surface area (TPSA) is 87.8 Å². The molecule has 1 amide bonds. The third-order valence-corrected chi connectivity index (χ3v) is 6.44. The Bertz CT molecular complexity index is 1230. The van der Waals surface area contributed by atoms with Crippen LogP contribution in [0.1, 0.15) is 10.5 Å². The number of amides is 1. The lowest BCUT2D eigenvalue weighted by atomic mass is 10.1. The lowest BCUT2D eigenvalue weighted by molar-refractivity contribution is 0.0740. The van der Waals surface area contributed by atoms with E-state index in [1.54, 1.807) is 48.2 Å². The first-order valence-corrected chi connectivity index (χ1v) is 11.5. The van der Waals surface area contributed by atoms with E-state index in [2.05, 4.69) is 4.98 Å². The predicted octanol–water partition coefficient (Wildman–Crippen LogP) is 2.31. The van der Waals surface area contributed by atoms with E-state index in [1.807, 2.05) is 24.3 Å². The highest BCUT2D eigenvalue weighted by Crippen LogP contribution is 2.35. The number of aromatic nitrogens is 2. The molecule has 1 aromatic carbocycles. The minimum absolute atomic E-state index is 0.133. The number of pyridine rings is 2. The average Bonchev–Trinajstić information content (AvgIpc) is 2.67. The first-order chi connectivity index (χ1) is 13.3. The van der Waals surface area contributed by atoms with Crippen LogP contribution in [0.15, 0.2) is 47.6 Å². The molecule has 4 rings (SSSR count). The molecule has 0 bridgehead atoms. The van der Waals surface area contributed by atoms with E-state index in [-0.39, 0.29) is 17.4 Å². The number of fused-ring (bicyclic) bond motifs is 2. The molecule has 1 aliphatic rings. The molecule has 7 nitrogen and oxygen atoms in total. The van der Waals surface area contributed by atoms with Gasteiger partial charge in [0.2, 0.25) is 0 Å². The zero-order chi connectivity index (χ0) is 20.1. The molecule has 0 aliphatic carbocycles. The number of carbonyl (C=O) groups excluding carboxylic acids is 1. The Hall–Kier alpha value is -2.92. The Labute approximate surface area is 162 Å². The summed E-state index contributed by atoms with van der Waals surface area (Å²) in [5.74, 6) is -0.403. The van der Waals surface area contributed by atoms with Gasteiger partial charge >= 0.3 is 0 Å². The molecule has 0 fully saturated rings. The van der Waals surface area contributed by atoms with Crippen molar-refractivity contribution >= 4 is 34.9 Å². The van der Waals surface area contributed by atoms with Crippen LogP contribution in [0.25, 0.3) is 10.9 Å². The fourth-order valence-corrected chi connectivity index (χ4v) is 4.26. The van der Waals surface area contributed by atoms with Crippen LogP contribution < -0.4 is 10.8 Å². The summed E-state index contributed by atoms with van der Waals surface area (Å²) in [6.45, 7) is 4.46. The van der Waals surface area contributed by atoms with Crippen molar-refractivity contribution in [3.05, 3.63) is 53.8 Å². The zero-order valence-electron chi connectivity index (χ0n) is 16.0. The van der Waals surface area contributed by atoms with Gasteiger partial charge < -0.3 is 19.1 Å². The van der Waals surface area contributed by atoms with Gasteiger partial charge in [0, 0.05) is 37.0 Å². The maximum absolute atomic E-state index is 12.7. The quantitative estimate of drug-likeness (QED) is 0.674. The summed E-state index contributed by atoms with van der Waals surface area (Å²) in [6, 6.07) is 10.9. The van der Waals surface area contributed by atoms with Crippen LogP contribution in [0.2, 0.25) is 0 Å². The summed E-state index contributed by atoms with van der Waals surface area (Å²) in [4.78, 5) is 23.3. The molecule has 1 N–H and O–H groups in total. The van der Waals surface area contributed by atoms with E-state index in [0.29, 0.717) is 35.2 Å². The number of benzene rings is 1. The predicted molar refractivity (Wildman–Crippen MR) is 109 cm³/mol. The highest BCUT2D eigenvalue weighted by atomic mass is 31.2. The van der Waals surface area contributed by atoms with Crippen molar-refractivity contribution < 1.29 is 14.5 Å². The van der Waals surface area contributed by atoms with Gasteiger partial charge in [-0.2, -0.15) is 0 Å². The van der Waals surface area contributed by atoms with Gasteiger partial charge in [-0.25, -0.2) is 4.99 Å². The Balaban J connectivity index is 2.08. The van der Waals surface area contributed by atoms with Gasteiger partial charge in [0.1, 0.15) is 18.1 Å². The fourth-order valence-electron chi connectivity index (χ4n) is 3.37. The van der Waals surface area contributed by atoms with Gasteiger partial charge in [-0.05, 0) is 37.6 Å². The van der Waals surface area contributed by atoms with Crippen molar-refractivity contribution in [1.29, 1.82) is 0 Å². The normalized spacial score (nSPS) is 15.2. The third kappa shape index (κ3) is 3.02. The second-order valence-corrected chi connectivity index (χ2v) is 10.5. The van der Waals surface area contributed by atoms with Crippen molar-refractivity contribution in [2.75, 3.05) is 26.9 Å². The fraction of sp³-hybridized carbons (Fsp3) is 0.250. The van der Waals surface area contributed by atoms with Crippen LogP contribution in [-0.4, -0.2) is 52.4 Å². The van der Waals surface area contributed by atoms with Gasteiger partial charge in [0.25, 0.3) is 5.91 Å². The van der Waals surface area contributed by atoms with Crippen molar-refractivity contribution in [3.8, 4) is 5.75 Å². The molecule has 1 aliphatic heterocycles. The van der Waals surface area contributed by atoms with Crippen molar-refractivity contribution in [3.63, 3.8) is 0 Å². The van der Waals surface area contributed by atoms with Crippen LogP contribution in [0.3, 0.4) is 0 Å². The van der Waals surface area contributed by atoms with E-state index >= 15 is 0 Å². The molecular weight excluding hydrogens is 375 g/mol. The molecule has 144 valence electrons. The van der Waals surface area contributed by atoms with Crippen molar-refractivity contribution in [1.82, 2.24) is 14.5 Å². The zero-order valence-corrected chi connectivity index (χ0v) is 16.8. The minimum atomic E-state index is -2.43. The lowest BCUT2D eigenvalue weighted by Crippen LogP contribution is -2.42. The molecule has 0 unspecified atom stereocenters. The summed E-state index contributed by atoms with van der Waals surface area (Å²) in [5.41, 5.74) is 1.71. The summed E-state index contributed by atoms with van der Waals surface area (Å²) >= 11 is 0. The minimum Gasteiger partial charge on any atom is -0.504 e. The Morgan fingerprint density at radius 3 is 2.71 bits per heavy atom. The highest BCUT2D eigenvalue weighted by molar-refractivity contribution is 7.70. The molecule has 3 heterocycles. The number of carbonyl (C=O) groups is 1. The Morgan fingerprint density at radius 2 is 1.96 bits per heavy atom. The van der Waals surface area contributed by atoms with Crippen molar-refractivity contribution in [2.45, 2.75) is 6.54 Å². The number of rotatable bonds is 2. The first kappa shape index (κ1) is 18.4. The molecule has 0 atom stereocenters. The molecule has 0 saturated carbocycles. The molecule has 0 spiro atoms. The van der Waals surface area contributed by atoms with Gasteiger partial charge in [0.15, 0.2) is 11.4 Å². The molecule has 3 aromatic rings. The standard InChI is InChI=1S/C20H21N4O3P/c1-23-10-11-24-17(20(23)26)18(25)16-15(8-5-9-21-16)19(24)22-13-6-4-7-14(12-13)28(2,3)27/h4-9,12,25H,10-11H2,1-3H3. The third-order valence-electron chi connectivity index (χ3n) is 4.92. The summed E-state index contributed by atoms with van der Waals surface area (Å²) in [7, 11) is -0.724. The van der Waals surface area contributed by atoms with E-state index in [0.717, 1.165) is 5.30 Å². The second kappa shape index (κ2) is 6.60. The largest absolute Gasteiger partial charge is 0.504 e. The van der Waals surface area contributed by atoms with E-state index < -0.39 is 7.14 Å². The maximum Gasteiger partial charge on any atom is 0.274 e. The number of hydrogen-bond donors (Lipinski definition) is 1. The molecule has 8 heteroatoms. The summed E-state index contributed by atoms with van der Waals surface area (Å²) in [5, 5.41) is 12.1. The monoisotopic (exact) mass is 396 g/mol. The first-order valence-electron chi connectivity index (χ1n) is 8.93. The van der Waals surface area contributed by atoms with Gasteiger partial charge in [-0.15, -0.1) is 0 Å². The number of nitrogens with zero attached hydrogens (tertiary/aromatic N) is 4. The van der Waals surface area contributed by atoms with Crippen LogP contribution >= 0.6 is 7.14 Å². The lowest BCUT2D eigenvalue weighted by Gasteiger charge is -2.28. The van der Waals surface area contributed by atoms with Crippen LogP contribution in [0.4, 0.5) is 5.69 Å². The smallest absolute Gasteiger partial charge is 0.274 e. The van der Waals surface area contributed by atoms with Gasteiger partial charge in [0.05, 0.1) is 5.69 Å². The Kier molecular flexibility index (Phi) is 4.35. The highest BCUT2D eigenvalue weighted by Gasteiger charge is 2.28. The Morgan fingerprint density at radius 1 is 1.18 bits per heavy atom. The average molecular weight is 396 g/mol. The van der Waals surface area contributed by atoms with Gasteiger partial charge in [-0.1, -0.05) is 12.1 Å². The summed E-state index contributed by atoms with van der Waals surface area (Å²) in [6.07, 6.45) is 1.57. The SMILES string of the molecule is CN1CCn2c(c(O)c3ncccc3c2=Nc2cccc(P(C)(C)=O)c2)C1=O. The molecule has 28 heavy (non-hydrogen) atoms. The van der Waals surface area contributed by atoms with Gasteiger partial charge in [-0.3, -0.25) is 9.78 Å². The van der Waals surface area contributed by atoms with E-state index in [1.165, 1.54) is 0 Å². The van der Waals surface area contributed by atoms with E-state index in [4.69, 9.17) is 4.99 Å². The van der Waals surface area contributed by atoms with Crippen LogP contribution in [0.5, 0.6) is 5.75 Å². The number of likely N-dealkylation sites (N-methyl/N-ethyl adjacent to an activating group) is 1. The molecule has 0 saturated heterocycles.